The van der Waals surface area contributed by atoms with Gasteiger partial charge in [0.15, 0.2) is 0 Å². The van der Waals surface area contributed by atoms with Crippen LogP contribution >= 0.6 is 0 Å². The van der Waals surface area contributed by atoms with Crippen LogP contribution in [-0.4, -0.2) is 35.1 Å². The molecule has 2 aromatic rings. The Kier molecular flexibility index (Phi) is 12.1. The zero-order valence-corrected chi connectivity index (χ0v) is 21.4. The van der Waals surface area contributed by atoms with E-state index in [1.807, 2.05) is 54.6 Å². The summed E-state index contributed by atoms with van der Waals surface area (Å²) in [5.41, 5.74) is 4.44. The summed E-state index contributed by atoms with van der Waals surface area (Å²) >= 11 is 0. The van der Waals surface area contributed by atoms with Crippen molar-refractivity contribution >= 4 is 23.5 Å². The SMILES string of the molecule is O=C(CCCCCCC(=O)Nc1ccc(CNC(Cc2ccccc2)C(=O)OC2CCCC2)cc1)NO. The molecule has 0 spiro atoms. The maximum atomic E-state index is 12.9. The van der Waals surface area contributed by atoms with Gasteiger partial charge in [-0.05, 0) is 68.2 Å². The normalized spacial score (nSPS) is 14.2. The molecule has 200 valence electrons. The van der Waals surface area contributed by atoms with Crippen molar-refractivity contribution in [2.75, 3.05) is 5.32 Å². The van der Waals surface area contributed by atoms with Crippen molar-refractivity contribution in [1.29, 1.82) is 0 Å². The molecule has 0 bridgehead atoms. The number of hydroxylamine groups is 1. The Morgan fingerprint density at radius 3 is 2.14 bits per heavy atom. The van der Waals surface area contributed by atoms with Gasteiger partial charge in [0.05, 0.1) is 0 Å². The molecule has 1 unspecified atom stereocenters. The molecule has 0 radical (unpaired) electrons. The molecule has 1 aliphatic carbocycles. The van der Waals surface area contributed by atoms with Crippen LogP contribution in [0.4, 0.5) is 5.69 Å². The standard InChI is InChI=1S/C29H39N3O5/c33-27(14-6-1-2-7-15-28(34)32-36)31-24-18-16-23(17-19-24)21-30-26(20-22-10-4-3-5-11-22)29(35)37-25-12-8-9-13-25/h3-5,10-11,16-19,25-26,30,36H,1-2,6-9,12-15,20-21H2,(H,31,33)(H,32,34). The maximum Gasteiger partial charge on any atom is 0.323 e. The van der Waals surface area contributed by atoms with Gasteiger partial charge in [-0.15, -0.1) is 0 Å². The number of carbonyl (C=O) groups is 3. The van der Waals surface area contributed by atoms with E-state index in [0.717, 1.165) is 61.8 Å². The van der Waals surface area contributed by atoms with Crippen LogP contribution < -0.4 is 16.1 Å². The van der Waals surface area contributed by atoms with Gasteiger partial charge in [-0.3, -0.25) is 19.6 Å². The minimum absolute atomic E-state index is 0.0308. The van der Waals surface area contributed by atoms with Gasteiger partial charge in [0.1, 0.15) is 12.1 Å². The van der Waals surface area contributed by atoms with Gasteiger partial charge in [0.2, 0.25) is 11.8 Å². The maximum absolute atomic E-state index is 12.9. The Bertz CT molecular complexity index is 975. The average Bonchev–Trinajstić information content (AvgIpc) is 3.42. The highest BCUT2D eigenvalue weighted by atomic mass is 16.5. The molecule has 0 saturated heterocycles. The molecule has 8 nitrogen and oxygen atoms in total. The molecule has 0 aliphatic heterocycles. The third-order valence-electron chi connectivity index (χ3n) is 6.62. The van der Waals surface area contributed by atoms with Crippen molar-refractivity contribution in [3.63, 3.8) is 0 Å². The Balaban J connectivity index is 1.43. The zero-order valence-electron chi connectivity index (χ0n) is 21.4. The van der Waals surface area contributed by atoms with E-state index >= 15 is 0 Å². The first-order valence-electron chi connectivity index (χ1n) is 13.3. The summed E-state index contributed by atoms with van der Waals surface area (Å²) in [4.78, 5) is 36.1. The van der Waals surface area contributed by atoms with Crippen molar-refractivity contribution in [2.45, 2.75) is 89.3 Å². The molecule has 4 N–H and O–H groups in total. The fourth-order valence-corrected chi connectivity index (χ4v) is 4.49. The van der Waals surface area contributed by atoms with Crippen molar-refractivity contribution in [1.82, 2.24) is 10.8 Å². The number of esters is 1. The van der Waals surface area contributed by atoms with Crippen molar-refractivity contribution < 1.29 is 24.3 Å². The highest BCUT2D eigenvalue weighted by Crippen LogP contribution is 2.22. The second kappa shape index (κ2) is 15.8. The van der Waals surface area contributed by atoms with Crippen LogP contribution in [0.3, 0.4) is 0 Å². The lowest BCUT2D eigenvalue weighted by molar-refractivity contribution is -0.151. The van der Waals surface area contributed by atoms with Gasteiger partial charge in [0.25, 0.3) is 0 Å². The fourth-order valence-electron chi connectivity index (χ4n) is 4.49. The Morgan fingerprint density at radius 1 is 0.838 bits per heavy atom. The number of ether oxygens (including phenoxy) is 1. The fraction of sp³-hybridized carbons (Fsp3) is 0.483. The summed E-state index contributed by atoms with van der Waals surface area (Å²) < 4.78 is 5.79. The van der Waals surface area contributed by atoms with Gasteiger partial charge in [-0.1, -0.05) is 55.3 Å². The van der Waals surface area contributed by atoms with E-state index in [0.29, 0.717) is 32.2 Å². The van der Waals surface area contributed by atoms with Gasteiger partial charge >= 0.3 is 5.97 Å². The van der Waals surface area contributed by atoms with Crippen LogP contribution in [0.25, 0.3) is 0 Å². The van der Waals surface area contributed by atoms with E-state index in [9.17, 15) is 14.4 Å². The first-order valence-corrected chi connectivity index (χ1v) is 13.3. The van der Waals surface area contributed by atoms with Crippen LogP contribution in [0.2, 0.25) is 0 Å². The van der Waals surface area contributed by atoms with Crippen LogP contribution in [-0.2, 0) is 32.1 Å². The van der Waals surface area contributed by atoms with Crippen LogP contribution in [0, 0.1) is 0 Å². The summed E-state index contributed by atoms with van der Waals surface area (Å²) in [6.07, 6.45) is 8.54. The summed E-state index contributed by atoms with van der Waals surface area (Å²) in [7, 11) is 0. The van der Waals surface area contributed by atoms with Crippen LogP contribution in [0.1, 0.15) is 75.3 Å². The molecule has 1 fully saturated rings. The van der Waals surface area contributed by atoms with E-state index in [2.05, 4.69) is 10.6 Å². The van der Waals surface area contributed by atoms with E-state index in [-0.39, 0.29) is 23.9 Å². The van der Waals surface area contributed by atoms with E-state index in [1.54, 1.807) is 5.48 Å². The Hall–Kier alpha value is -3.23. The Labute approximate surface area is 219 Å². The number of carbonyl (C=O) groups excluding carboxylic acids is 3. The van der Waals surface area contributed by atoms with E-state index in [4.69, 9.17) is 9.94 Å². The Morgan fingerprint density at radius 2 is 1.49 bits per heavy atom. The van der Waals surface area contributed by atoms with Gasteiger partial charge in [-0.25, -0.2) is 5.48 Å². The molecule has 37 heavy (non-hydrogen) atoms. The molecule has 0 aromatic heterocycles. The first kappa shape index (κ1) is 28.3. The van der Waals surface area contributed by atoms with Gasteiger partial charge in [-0.2, -0.15) is 0 Å². The van der Waals surface area contributed by atoms with Crippen LogP contribution in [0.5, 0.6) is 0 Å². The molecule has 1 atom stereocenters. The minimum atomic E-state index is -0.430. The second-order valence-electron chi connectivity index (χ2n) is 9.66. The molecular formula is C29H39N3O5. The molecule has 1 saturated carbocycles. The average molecular weight is 510 g/mol. The predicted octanol–water partition coefficient (Wildman–Crippen LogP) is 4.66. The predicted molar refractivity (Wildman–Crippen MR) is 142 cm³/mol. The number of amides is 2. The minimum Gasteiger partial charge on any atom is -0.461 e. The summed E-state index contributed by atoms with van der Waals surface area (Å²) in [5, 5.41) is 14.8. The summed E-state index contributed by atoms with van der Waals surface area (Å²) in [6, 6.07) is 17.1. The van der Waals surface area contributed by atoms with Crippen molar-refractivity contribution in [3.05, 3.63) is 65.7 Å². The van der Waals surface area contributed by atoms with Gasteiger partial charge in [0, 0.05) is 25.1 Å². The van der Waals surface area contributed by atoms with Crippen molar-refractivity contribution in [2.24, 2.45) is 0 Å². The van der Waals surface area contributed by atoms with Crippen LogP contribution in [0.15, 0.2) is 54.6 Å². The highest BCUT2D eigenvalue weighted by Gasteiger charge is 2.25. The lowest BCUT2D eigenvalue weighted by atomic mass is 10.1. The molecule has 2 aromatic carbocycles. The zero-order chi connectivity index (χ0) is 26.3. The quantitative estimate of drug-likeness (QED) is 0.120. The third kappa shape index (κ3) is 10.7. The van der Waals surface area contributed by atoms with Gasteiger partial charge < -0.3 is 15.4 Å². The van der Waals surface area contributed by atoms with E-state index in [1.165, 1.54) is 0 Å². The number of nitrogens with one attached hydrogen (secondary N) is 3. The molecule has 1 aliphatic rings. The number of anilines is 1. The highest BCUT2D eigenvalue weighted by molar-refractivity contribution is 5.90. The molecule has 8 heteroatoms. The van der Waals surface area contributed by atoms with Crippen molar-refractivity contribution in [3.8, 4) is 0 Å². The summed E-state index contributed by atoms with van der Waals surface area (Å²) in [5.74, 6) is -0.625. The lowest BCUT2D eigenvalue weighted by Crippen LogP contribution is -2.40. The molecule has 0 heterocycles. The molecule has 3 rings (SSSR count). The third-order valence-corrected chi connectivity index (χ3v) is 6.62. The molecular weight excluding hydrogens is 470 g/mol. The number of unbranched alkanes of at least 4 members (excludes halogenated alkanes) is 3. The number of hydrogen-bond acceptors (Lipinski definition) is 6. The topological polar surface area (TPSA) is 117 Å². The number of hydrogen-bond donors (Lipinski definition) is 4. The summed E-state index contributed by atoms with van der Waals surface area (Å²) in [6.45, 7) is 0.514. The smallest absolute Gasteiger partial charge is 0.323 e. The largest absolute Gasteiger partial charge is 0.461 e. The number of benzene rings is 2. The molecule has 2 amide bonds. The van der Waals surface area contributed by atoms with E-state index < -0.39 is 6.04 Å². The number of rotatable bonds is 15. The second-order valence-corrected chi connectivity index (χ2v) is 9.66. The first-order chi connectivity index (χ1) is 18.0. The lowest BCUT2D eigenvalue weighted by Gasteiger charge is -2.20. The monoisotopic (exact) mass is 509 g/mol.